The Balaban J connectivity index is 1.25. The second-order valence-electron chi connectivity index (χ2n) is 7.70. The fourth-order valence-electron chi connectivity index (χ4n) is 3.57. The van der Waals surface area contributed by atoms with Crippen molar-refractivity contribution in [1.82, 2.24) is 10.0 Å². The zero-order chi connectivity index (χ0) is 23.8. The standard InChI is InChI=1S/C25H26N2O3S4/c28-24(29)23-7-6-22(34-23)8-10-27-25(30)33-15-12-26(27)11-14-32-18-21-3-1-2-19(16-21)4-5-20-9-13-31-17-20/h1-7,9,13,16-17H,8,10-12,14-15,18H2,(H,28,29)/b5-4+. The molecule has 9 heteroatoms. The Morgan fingerprint density at radius 3 is 2.79 bits per heavy atom. The summed E-state index contributed by atoms with van der Waals surface area (Å²) in [6.45, 7) is 2.25. The number of carbonyl (C=O) groups is 2. The van der Waals surface area contributed by atoms with Gasteiger partial charge in [-0.25, -0.2) is 9.80 Å². The van der Waals surface area contributed by atoms with Crippen LogP contribution in [0, 0.1) is 0 Å². The van der Waals surface area contributed by atoms with Gasteiger partial charge in [0.2, 0.25) is 0 Å². The third-order valence-electron chi connectivity index (χ3n) is 5.29. The largest absolute Gasteiger partial charge is 0.477 e. The van der Waals surface area contributed by atoms with E-state index >= 15 is 0 Å². The Hall–Kier alpha value is -2.04. The van der Waals surface area contributed by atoms with Crippen LogP contribution < -0.4 is 0 Å². The molecule has 1 aromatic carbocycles. The summed E-state index contributed by atoms with van der Waals surface area (Å²) in [6.07, 6.45) is 4.96. The van der Waals surface area contributed by atoms with Crippen molar-refractivity contribution in [3.8, 4) is 0 Å². The molecule has 4 rings (SSSR count). The van der Waals surface area contributed by atoms with E-state index in [1.54, 1.807) is 17.4 Å². The van der Waals surface area contributed by atoms with Gasteiger partial charge in [-0.15, -0.1) is 11.3 Å². The topological polar surface area (TPSA) is 60.9 Å². The number of carboxylic acids is 1. The Labute approximate surface area is 216 Å². The van der Waals surface area contributed by atoms with Crippen LogP contribution in [0.5, 0.6) is 0 Å². The molecule has 34 heavy (non-hydrogen) atoms. The number of carbonyl (C=O) groups excluding carboxylic acids is 1. The maximum Gasteiger partial charge on any atom is 0.345 e. The van der Waals surface area contributed by atoms with Gasteiger partial charge in [-0.2, -0.15) is 23.1 Å². The summed E-state index contributed by atoms with van der Waals surface area (Å²) in [5.41, 5.74) is 3.73. The molecule has 2 aromatic heterocycles. The highest BCUT2D eigenvalue weighted by Crippen LogP contribution is 2.23. The van der Waals surface area contributed by atoms with Crippen molar-refractivity contribution < 1.29 is 14.7 Å². The Bertz CT molecular complexity index is 1130. The SMILES string of the molecule is O=C(O)c1ccc(CCN2C(=O)SCCN2CCSCc2cccc(/C=C/c3ccsc3)c2)s1. The quantitative estimate of drug-likeness (QED) is 0.284. The predicted octanol–water partition coefficient (Wildman–Crippen LogP) is 6.54. The number of carboxylic acid groups (broad SMARTS) is 1. The number of hydrazine groups is 1. The molecule has 0 bridgehead atoms. The van der Waals surface area contributed by atoms with E-state index in [4.69, 9.17) is 5.11 Å². The molecule has 0 aliphatic carbocycles. The third-order valence-corrected chi connectivity index (χ3v) is 8.98. The zero-order valence-electron chi connectivity index (χ0n) is 18.6. The molecule has 1 saturated heterocycles. The van der Waals surface area contributed by atoms with Crippen LogP contribution in [0.2, 0.25) is 0 Å². The summed E-state index contributed by atoms with van der Waals surface area (Å²) in [6, 6.07) is 14.2. The van der Waals surface area contributed by atoms with E-state index in [9.17, 15) is 9.59 Å². The minimum absolute atomic E-state index is 0.0800. The summed E-state index contributed by atoms with van der Waals surface area (Å²) >= 11 is 6.22. The lowest BCUT2D eigenvalue weighted by Gasteiger charge is -2.37. The molecule has 1 fully saturated rings. The number of thioether (sulfide) groups is 2. The molecule has 178 valence electrons. The molecule has 1 aliphatic heterocycles. The van der Waals surface area contributed by atoms with E-state index in [1.807, 2.05) is 22.8 Å². The first-order valence-corrected chi connectivity index (χ1v) is 14.9. The number of thiophene rings is 2. The number of aromatic carboxylic acids is 1. The maximum absolute atomic E-state index is 12.5. The van der Waals surface area contributed by atoms with Gasteiger partial charge in [0, 0.05) is 48.2 Å². The Kier molecular flexibility index (Phi) is 9.29. The first kappa shape index (κ1) is 25.1. The van der Waals surface area contributed by atoms with Crippen molar-refractivity contribution >= 4 is 69.6 Å². The fourth-order valence-corrected chi connectivity index (χ4v) is 6.76. The average molecular weight is 531 g/mol. The van der Waals surface area contributed by atoms with E-state index in [0.29, 0.717) is 17.8 Å². The van der Waals surface area contributed by atoms with Crippen molar-refractivity contribution in [1.29, 1.82) is 0 Å². The summed E-state index contributed by atoms with van der Waals surface area (Å²) in [5, 5.41) is 17.4. The van der Waals surface area contributed by atoms with Gasteiger partial charge in [-0.1, -0.05) is 48.2 Å². The monoisotopic (exact) mass is 530 g/mol. The summed E-state index contributed by atoms with van der Waals surface area (Å²) in [4.78, 5) is 25.0. The number of nitrogens with zero attached hydrogens (tertiary/aromatic N) is 2. The van der Waals surface area contributed by atoms with Crippen molar-refractivity contribution in [3.63, 3.8) is 0 Å². The first-order chi connectivity index (χ1) is 16.6. The highest BCUT2D eigenvalue weighted by Gasteiger charge is 2.26. The molecule has 3 heterocycles. The lowest BCUT2D eigenvalue weighted by atomic mass is 10.1. The second-order valence-corrected chi connectivity index (χ2v) is 11.8. The number of hydrogen-bond donors (Lipinski definition) is 1. The Morgan fingerprint density at radius 1 is 1.12 bits per heavy atom. The van der Waals surface area contributed by atoms with Gasteiger partial charge in [0.25, 0.3) is 5.24 Å². The van der Waals surface area contributed by atoms with Crippen LogP contribution in [0.15, 0.2) is 53.2 Å². The smallest absolute Gasteiger partial charge is 0.345 e. The fraction of sp³-hybridized carbons (Fsp3) is 0.280. The third kappa shape index (κ3) is 7.23. The molecule has 0 spiro atoms. The molecule has 0 saturated carbocycles. The molecule has 0 atom stereocenters. The molecule has 0 radical (unpaired) electrons. The minimum atomic E-state index is -0.900. The van der Waals surface area contributed by atoms with E-state index in [0.717, 1.165) is 35.2 Å². The molecular formula is C25H26N2O3S4. The molecule has 3 aromatic rings. The van der Waals surface area contributed by atoms with Gasteiger partial charge in [-0.3, -0.25) is 9.80 Å². The predicted molar refractivity (Wildman–Crippen MR) is 147 cm³/mol. The van der Waals surface area contributed by atoms with Crippen molar-refractivity contribution in [2.45, 2.75) is 12.2 Å². The van der Waals surface area contributed by atoms with E-state index in [2.05, 4.69) is 58.3 Å². The van der Waals surface area contributed by atoms with Gasteiger partial charge in [0.05, 0.1) is 0 Å². The maximum atomic E-state index is 12.5. The highest BCUT2D eigenvalue weighted by molar-refractivity contribution is 8.13. The number of amides is 1. The van der Waals surface area contributed by atoms with Crippen LogP contribution in [0.3, 0.4) is 0 Å². The van der Waals surface area contributed by atoms with Crippen LogP contribution in [0.4, 0.5) is 4.79 Å². The van der Waals surface area contributed by atoms with E-state index < -0.39 is 5.97 Å². The van der Waals surface area contributed by atoms with Crippen LogP contribution in [-0.2, 0) is 12.2 Å². The summed E-state index contributed by atoms with van der Waals surface area (Å²) < 4.78 is 0. The summed E-state index contributed by atoms with van der Waals surface area (Å²) in [5.74, 6) is 1.78. The highest BCUT2D eigenvalue weighted by atomic mass is 32.2. The van der Waals surface area contributed by atoms with Crippen LogP contribution in [0.1, 0.15) is 31.2 Å². The van der Waals surface area contributed by atoms with Crippen molar-refractivity contribution in [3.05, 3.63) is 79.7 Å². The normalized spacial score (nSPS) is 14.8. The van der Waals surface area contributed by atoms with E-state index in [-0.39, 0.29) is 5.24 Å². The molecule has 1 amide bonds. The molecule has 1 N–H and O–H groups in total. The molecule has 1 aliphatic rings. The van der Waals surface area contributed by atoms with Crippen LogP contribution >= 0.6 is 46.2 Å². The minimum Gasteiger partial charge on any atom is -0.477 e. The van der Waals surface area contributed by atoms with Crippen LogP contribution in [0.25, 0.3) is 12.2 Å². The second kappa shape index (κ2) is 12.6. The number of benzene rings is 1. The van der Waals surface area contributed by atoms with Gasteiger partial charge in [0.1, 0.15) is 4.88 Å². The van der Waals surface area contributed by atoms with Crippen LogP contribution in [-0.4, -0.2) is 57.5 Å². The first-order valence-electron chi connectivity index (χ1n) is 11.0. The number of rotatable bonds is 11. The van der Waals surface area contributed by atoms with Crippen molar-refractivity contribution in [2.24, 2.45) is 0 Å². The lowest BCUT2D eigenvalue weighted by molar-refractivity contribution is 0.0349. The van der Waals surface area contributed by atoms with Gasteiger partial charge >= 0.3 is 5.97 Å². The summed E-state index contributed by atoms with van der Waals surface area (Å²) in [7, 11) is 0. The van der Waals surface area contributed by atoms with Crippen molar-refractivity contribution in [2.75, 3.05) is 31.1 Å². The van der Waals surface area contributed by atoms with Gasteiger partial charge < -0.3 is 5.11 Å². The Morgan fingerprint density at radius 2 is 2.00 bits per heavy atom. The van der Waals surface area contributed by atoms with E-state index in [1.165, 1.54) is 39.8 Å². The molecular weight excluding hydrogens is 505 g/mol. The number of hydrogen-bond acceptors (Lipinski definition) is 7. The lowest BCUT2D eigenvalue weighted by Crippen LogP contribution is -2.51. The molecule has 5 nitrogen and oxygen atoms in total. The molecule has 0 unspecified atom stereocenters. The average Bonchev–Trinajstić information content (AvgIpc) is 3.53. The zero-order valence-corrected chi connectivity index (χ0v) is 21.9. The van der Waals surface area contributed by atoms with Gasteiger partial charge in [0.15, 0.2) is 0 Å². The van der Waals surface area contributed by atoms with Gasteiger partial charge in [-0.05, 0) is 45.6 Å².